The average Bonchev–Trinajstić information content (AvgIpc) is 3.05. The zero-order valence-electron chi connectivity index (χ0n) is 22.1. The van der Waals surface area contributed by atoms with Crippen molar-refractivity contribution in [2.75, 3.05) is 62.8 Å². The Bertz CT molecular complexity index is 970. The molecule has 0 bridgehead atoms. The van der Waals surface area contributed by atoms with Crippen molar-refractivity contribution in [2.24, 2.45) is 0 Å². The predicted octanol–water partition coefficient (Wildman–Crippen LogP) is 1.02. The van der Waals surface area contributed by atoms with Crippen LogP contribution in [0, 0.1) is 6.92 Å². The first-order valence-electron chi connectivity index (χ1n) is 12.1. The fraction of sp³-hybridized carbons (Fsp3) is 0.538. The van der Waals surface area contributed by atoms with Crippen molar-refractivity contribution in [2.45, 2.75) is 39.2 Å². The Morgan fingerprint density at radius 3 is 2.59 bits per heavy atom. The number of carboxylic acid groups (broad SMARTS) is 1. The molecule has 2 aliphatic rings. The number of aromatic carboxylic acids is 1. The van der Waals surface area contributed by atoms with Crippen molar-refractivity contribution in [1.29, 1.82) is 0 Å². The summed E-state index contributed by atoms with van der Waals surface area (Å²) in [4.78, 5) is 23.9. The van der Waals surface area contributed by atoms with Crippen LogP contribution in [0.15, 0.2) is 30.5 Å². The van der Waals surface area contributed by atoms with Gasteiger partial charge >= 0.3 is 35.5 Å². The third-order valence-electron chi connectivity index (χ3n) is 7.02. The van der Waals surface area contributed by atoms with Gasteiger partial charge in [0.1, 0.15) is 5.82 Å². The van der Waals surface area contributed by atoms with Crippen molar-refractivity contribution >= 4 is 17.5 Å². The summed E-state index contributed by atoms with van der Waals surface area (Å²) in [5.41, 5.74) is 4.01. The molecule has 0 radical (unpaired) electrons. The fourth-order valence-corrected chi connectivity index (χ4v) is 5.03. The van der Waals surface area contributed by atoms with E-state index in [-0.39, 0.29) is 31.0 Å². The van der Waals surface area contributed by atoms with Crippen LogP contribution in [0.1, 0.15) is 43.5 Å². The summed E-state index contributed by atoms with van der Waals surface area (Å²) in [6.07, 6.45) is 4.93. The zero-order chi connectivity index (χ0) is 23.4. The van der Waals surface area contributed by atoms with Gasteiger partial charge in [0.15, 0.2) is 0 Å². The van der Waals surface area contributed by atoms with E-state index in [9.17, 15) is 9.90 Å². The van der Waals surface area contributed by atoms with E-state index >= 15 is 0 Å². The Morgan fingerprint density at radius 2 is 1.94 bits per heavy atom. The van der Waals surface area contributed by atoms with Crippen LogP contribution in [0.2, 0.25) is 0 Å². The van der Waals surface area contributed by atoms with Crippen molar-refractivity contribution in [3.05, 3.63) is 41.6 Å². The van der Waals surface area contributed by atoms with Gasteiger partial charge in [-0.05, 0) is 82.1 Å². The Kier molecular flexibility index (Phi) is 9.80. The van der Waals surface area contributed by atoms with Gasteiger partial charge in [0.05, 0.1) is 5.56 Å². The van der Waals surface area contributed by atoms with E-state index in [4.69, 9.17) is 9.72 Å². The second kappa shape index (κ2) is 12.4. The van der Waals surface area contributed by atoms with E-state index in [0.717, 1.165) is 93.4 Å². The minimum atomic E-state index is -0.892. The maximum Gasteiger partial charge on any atom is 1.00 e. The summed E-state index contributed by atoms with van der Waals surface area (Å²) in [7, 11) is 2.16. The predicted molar refractivity (Wildman–Crippen MR) is 134 cm³/mol. The largest absolute Gasteiger partial charge is 1.00 e. The van der Waals surface area contributed by atoms with Crippen molar-refractivity contribution in [3.8, 4) is 11.1 Å². The summed E-state index contributed by atoms with van der Waals surface area (Å²) in [5.74, 6) is 0.0918. The number of nitrogens with zero attached hydrogens (tertiary/aromatic N) is 4. The first kappa shape index (κ1) is 27.0. The van der Waals surface area contributed by atoms with Gasteiger partial charge in [-0.15, -0.1) is 0 Å². The van der Waals surface area contributed by atoms with E-state index in [1.165, 1.54) is 0 Å². The molecule has 2 aliphatic heterocycles. The van der Waals surface area contributed by atoms with Crippen molar-refractivity contribution in [3.63, 3.8) is 0 Å². The van der Waals surface area contributed by atoms with E-state index in [1.807, 2.05) is 13.1 Å². The number of likely N-dealkylation sites (N-methyl/N-ethyl adjacent to an activating group) is 1. The summed E-state index contributed by atoms with van der Waals surface area (Å²) >= 11 is 0. The van der Waals surface area contributed by atoms with Gasteiger partial charge < -0.3 is 26.0 Å². The van der Waals surface area contributed by atoms with Crippen LogP contribution in [-0.4, -0.2) is 80.0 Å². The quantitative estimate of drug-likeness (QED) is 0.625. The van der Waals surface area contributed by atoms with Gasteiger partial charge in [0.2, 0.25) is 0 Å². The molecule has 0 atom stereocenters. The summed E-state index contributed by atoms with van der Waals surface area (Å²) in [6.45, 7) is 10.5. The molecule has 1 aromatic carbocycles. The second-order valence-electron chi connectivity index (χ2n) is 9.15. The minimum Gasteiger partial charge on any atom is -1.00 e. The van der Waals surface area contributed by atoms with Crippen LogP contribution in [0.25, 0.3) is 11.1 Å². The number of hydrogen-bond acceptors (Lipinski definition) is 6. The van der Waals surface area contributed by atoms with Crippen molar-refractivity contribution < 1.29 is 45.6 Å². The molecule has 8 heteroatoms. The average molecular weight is 477 g/mol. The molecular formula is C26H37N4NaO3. The number of hydrogen-bond donors (Lipinski definition) is 1. The SMILES string of the molecule is CCN(c1cc(-c2ccc(N3CCCN(C)CC3)nc2)cc(C(=O)O)c1C)C1CCOCC1.[H-].[Na+]. The molecule has 0 amide bonds. The third kappa shape index (κ3) is 6.13. The van der Waals surface area contributed by atoms with Crippen LogP contribution in [0.3, 0.4) is 0 Å². The van der Waals surface area contributed by atoms with E-state index < -0.39 is 5.97 Å². The Hall–Kier alpha value is -1.64. The first-order chi connectivity index (χ1) is 16.0. The Morgan fingerprint density at radius 1 is 1.18 bits per heavy atom. The van der Waals surface area contributed by atoms with Crippen molar-refractivity contribution in [1.82, 2.24) is 9.88 Å². The summed E-state index contributed by atoms with van der Waals surface area (Å²) in [5, 5.41) is 9.92. The molecule has 2 saturated heterocycles. The van der Waals surface area contributed by atoms with E-state index in [0.29, 0.717) is 11.6 Å². The molecule has 0 spiro atoms. The number of anilines is 2. The van der Waals surface area contributed by atoms with Gasteiger partial charge in [-0.2, -0.15) is 0 Å². The molecule has 180 valence electrons. The molecule has 2 fully saturated rings. The number of rotatable bonds is 6. The van der Waals surface area contributed by atoms with Crippen LogP contribution in [0.5, 0.6) is 0 Å². The van der Waals surface area contributed by atoms with Crippen LogP contribution >= 0.6 is 0 Å². The maximum absolute atomic E-state index is 12.1. The first-order valence-corrected chi connectivity index (χ1v) is 12.1. The molecule has 0 unspecified atom stereocenters. The van der Waals surface area contributed by atoms with Gasteiger partial charge in [0.25, 0.3) is 0 Å². The monoisotopic (exact) mass is 476 g/mol. The van der Waals surface area contributed by atoms with Crippen LogP contribution in [0.4, 0.5) is 11.5 Å². The van der Waals surface area contributed by atoms with Gasteiger partial charge in [0, 0.05) is 62.9 Å². The molecule has 7 nitrogen and oxygen atoms in total. The summed E-state index contributed by atoms with van der Waals surface area (Å²) < 4.78 is 5.55. The number of carboxylic acids is 1. The van der Waals surface area contributed by atoms with Gasteiger partial charge in [-0.1, -0.05) is 0 Å². The number of benzene rings is 1. The number of ether oxygens (including phenoxy) is 1. The fourth-order valence-electron chi connectivity index (χ4n) is 5.03. The molecule has 3 heterocycles. The zero-order valence-corrected chi connectivity index (χ0v) is 23.1. The molecule has 1 N–H and O–H groups in total. The van der Waals surface area contributed by atoms with Gasteiger partial charge in [-0.3, -0.25) is 0 Å². The Labute approximate surface area is 226 Å². The van der Waals surface area contributed by atoms with Crippen LogP contribution in [-0.2, 0) is 4.74 Å². The standard InChI is InChI=1S/C26H36N4O3.Na.H/c1-4-30(22-8-14-33-15-9-22)24-17-21(16-23(19(24)2)26(31)32)20-6-7-25(27-18-20)29-11-5-10-28(3)12-13-29;;/h6-7,16-18,22H,4-5,8-15H2,1-3H3,(H,31,32);;/q;+1;-1. The van der Waals surface area contributed by atoms with Gasteiger partial charge in [-0.25, -0.2) is 9.78 Å². The number of pyridine rings is 1. The third-order valence-corrected chi connectivity index (χ3v) is 7.02. The second-order valence-corrected chi connectivity index (χ2v) is 9.15. The Balaban J connectivity index is 0.00000216. The molecule has 0 saturated carbocycles. The van der Waals surface area contributed by atoms with Crippen LogP contribution < -0.4 is 39.4 Å². The molecule has 1 aromatic heterocycles. The number of carbonyl (C=O) groups is 1. The smallest absolute Gasteiger partial charge is 1.00 e. The topological polar surface area (TPSA) is 69.1 Å². The summed E-state index contributed by atoms with van der Waals surface area (Å²) in [6, 6.07) is 8.42. The normalized spacial score (nSPS) is 17.7. The molecule has 0 aliphatic carbocycles. The maximum atomic E-state index is 12.1. The molecular weight excluding hydrogens is 439 g/mol. The molecule has 34 heavy (non-hydrogen) atoms. The van der Waals surface area contributed by atoms with E-state index in [2.05, 4.69) is 46.9 Å². The number of aromatic nitrogens is 1. The molecule has 2 aromatic rings. The minimum absolute atomic E-state index is 0. The molecule has 4 rings (SSSR count). The van der Waals surface area contributed by atoms with E-state index in [1.54, 1.807) is 6.07 Å².